The minimum absolute atomic E-state index is 0.352. The molecule has 19 heavy (non-hydrogen) atoms. The summed E-state index contributed by atoms with van der Waals surface area (Å²) in [4.78, 5) is 11.2. The molecule has 2 N–H and O–H groups in total. The number of carbonyl (C=O) groups is 1. The molecule has 104 valence electrons. The van der Waals surface area contributed by atoms with Crippen LogP contribution in [0.4, 0.5) is 5.69 Å². The molecule has 1 rings (SSSR count). The molecule has 0 amide bonds. The summed E-state index contributed by atoms with van der Waals surface area (Å²) in [6.07, 6.45) is 2.97. The maximum absolute atomic E-state index is 11.2. The second kappa shape index (κ2) is 8.16. The van der Waals surface area contributed by atoms with Crippen LogP contribution in [0, 0.1) is 0 Å². The molecule has 5 nitrogen and oxygen atoms in total. The molecule has 0 atom stereocenters. The summed E-state index contributed by atoms with van der Waals surface area (Å²) in [5.74, 6) is 0.283. The van der Waals surface area contributed by atoms with Crippen LogP contribution in [0.3, 0.4) is 0 Å². The number of nitrogen functional groups attached to an aromatic ring is 1. The van der Waals surface area contributed by atoms with E-state index in [4.69, 9.17) is 19.9 Å². The smallest absolute Gasteiger partial charge is 0.330 e. The van der Waals surface area contributed by atoms with Crippen molar-refractivity contribution in [2.75, 3.05) is 32.7 Å². The predicted octanol–water partition coefficient (Wildman–Crippen LogP) is 1.87. The standard InChI is InChI=1S/C14H19NO4/c1-3-18-14(16)7-5-11-4-6-12(10-13(11)15)19-9-8-17-2/h4-7,10H,3,8-9,15H2,1-2H3. The van der Waals surface area contributed by atoms with E-state index in [2.05, 4.69) is 0 Å². The first kappa shape index (κ1) is 15.0. The molecule has 0 aliphatic rings. The largest absolute Gasteiger partial charge is 0.491 e. The molecule has 0 saturated carbocycles. The molecule has 0 aliphatic carbocycles. The lowest BCUT2D eigenvalue weighted by molar-refractivity contribution is -0.137. The molecule has 0 heterocycles. The van der Waals surface area contributed by atoms with Crippen LogP contribution >= 0.6 is 0 Å². The van der Waals surface area contributed by atoms with Gasteiger partial charge in [-0.3, -0.25) is 0 Å². The average Bonchev–Trinajstić information content (AvgIpc) is 2.38. The van der Waals surface area contributed by atoms with Gasteiger partial charge in [0.1, 0.15) is 12.4 Å². The van der Waals surface area contributed by atoms with Crippen LogP contribution in [0.25, 0.3) is 6.08 Å². The van der Waals surface area contributed by atoms with Crippen molar-refractivity contribution in [2.24, 2.45) is 0 Å². The van der Waals surface area contributed by atoms with E-state index in [-0.39, 0.29) is 5.97 Å². The average molecular weight is 265 g/mol. The number of esters is 1. The molecule has 5 heteroatoms. The van der Waals surface area contributed by atoms with Crippen molar-refractivity contribution < 1.29 is 19.0 Å². The third-order valence-corrected chi connectivity index (χ3v) is 2.30. The fraction of sp³-hybridized carbons (Fsp3) is 0.357. The van der Waals surface area contributed by atoms with Crippen molar-refractivity contribution in [1.82, 2.24) is 0 Å². The zero-order chi connectivity index (χ0) is 14.1. The van der Waals surface area contributed by atoms with E-state index in [1.807, 2.05) is 0 Å². The zero-order valence-electron chi connectivity index (χ0n) is 11.2. The third kappa shape index (κ3) is 5.44. The third-order valence-electron chi connectivity index (χ3n) is 2.30. The van der Waals surface area contributed by atoms with Gasteiger partial charge in [0.15, 0.2) is 0 Å². The highest BCUT2D eigenvalue weighted by atomic mass is 16.5. The van der Waals surface area contributed by atoms with Gasteiger partial charge in [-0.05, 0) is 30.7 Å². The van der Waals surface area contributed by atoms with E-state index in [9.17, 15) is 4.79 Å². The maximum atomic E-state index is 11.2. The first-order valence-electron chi connectivity index (χ1n) is 6.03. The Labute approximate surface area is 113 Å². The summed E-state index contributed by atoms with van der Waals surface area (Å²) in [5, 5.41) is 0. The van der Waals surface area contributed by atoms with E-state index in [1.54, 1.807) is 38.3 Å². The molecular weight excluding hydrogens is 246 g/mol. The monoisotopic (exact) mass is 265 g/mol. The lowest BCUT2D eigenvalue weighted by atomic mass is 10.1. The van der Waals surface area contributed by atoms with Gasteiger partial charge in [0.25, 0.3) is 0 Å². The Kier molecular flexibility index (Phi) is 6.46. The van der Waals surface area contributed by atoms with Gasteiger partial charge in [0.2, 0.25) is 0 Å². The van der Waals surface area contributed by atoms with Crippen LogP contribution in [-0.2, 0) is 14.3 Å². The second-order valence-corrected chi connectivity index (χ2v) is 3.72. The summed E-state index contributed by atoms with van der Waals surface area (Å²) >= 11 is 0. The number of ether oxygens (including phenoxy) is 3. The topological polar surface area (TPSA) is 70.8 Å². The molecule has 1 aromatic rings. The highest BCUT2D eigenvalue weighted by Crippen LogP contribution is 2.21. The van der Waals surface area contributed by atoms with E-state index in [0.717, 1.165) is 5.56 Å². The summed E-state index contributed by atoms with van der Waals surface area (Å²) in [6, 6.07) is 5.28. The molecule has 0 unspecified atom stereocenters. The molecule has 0 bridgehead atoms. The molecule has 0 fully saturated rings. The lowest BCUT2D eigenvalue weighted by Crippen LogP contribution is -2.04. The number of benzene rings is 1. The fourth-order valence-electron chi connectivity index (χ4n) is 1.39. The highest BCUT2D eigenvalue weighted by molar-refractivity contribution is 5.88. The fourth-order valence-corrected chi connectivity index (χ4v) is 1.39. The Morgan fingerprint density at radius 1 is 1.37 bits per heavy atom. The van der Waals surface area contributed by atoms with Gasteiger partial charge in [-0.25, -0.2) is 4.79 Å². The molecule has 0 radical (unpaired) electrons. The van der Waals surface area contributed by atoms with Gasteiger partial charge in [0.05, 0.1) is 13.2 Å². The quantitative estimate of drug-likeness (QED) is 0.353. The van der Waals surface area contributed by atoms with Crippen molar-refractivity contribution in [3.63, 3.8) is 0 Å². The second-order valence-electron chi connectivity index (χ2n) is 3.72. The van der Waals surface area contributed by atoms with E-state index in [1.165, 1.54) is 6.08 Å². The first-order chi connectivity index (χ1) is 9.17. The van der Waals surface area contributed by atoms with Crippen molar-refractivity contribution >= 4 is 17.7 Å². The number of carbonyl (C=O) groups excluding carboxylic acids is 1. The SMILES string of the molecule is CCOC(=O)C=Cc1ccc(OCCOC)cc1N. The minimum Gasteiger partial charge on any atom is -0.491 e. The summed E-state index contributed by atoms with van der Waals surface area (Å²) in [5.41, 5.74) is 7.15. The number of hydrogen-bond donors (Lipinski definition) is 1. The van der Waals surface area contributed by atoms with Crippen LogP contribution in [0.1, 0.15) is 12.5 Å². The van der Waals surface area contributed by atoms with Crippen LogP contribution in [0.15, 0.2) is 24.3 Å². The van der Waals surface area contributed by atoms with Crippen LogP contribution in [0.5, 0.6) is 5.75 Å². The van der Waals surface area contributed by atoms with Crippen molar-refractivity contribution in [1.29, 1.82) is 0 Å². The van der Waals surface area contributed by atoms with Gasteiger partial charge in [0, 0.05) is 24.9 Å². The number of methoxy groups -OCH3 is 1. The normalized spacial score (nSPS) is 10.6. The van der Waals surface area contributed by atoms with Crippen LogP contribution in [-0.4, -0.2) is 32.9 Å². The Balaban J connectivity index is 2.64. The van der Waals surface area contributed by atoms with Crippen molar-refractivity contribution in [3.05, 3.63) is 29.8 Å². The van der Waals surface area contributed by atoms with E-state index < -0.39 is 0 Å². The number of nitrogens with two attached hydrogens (primary N) is 1. The maximum Gasteiger partial charge on any atom is 0.330 e. The van der Waals surface area contributed by atoms with Crippen molar-refractivity contribution in [2.45, 2.75) is 6.92 Å². The molecule has 0 aliphatic heterocycles. The predicted molar refractivity (Wildman–Crippen MR) is 73.9 cm³/mol. The molecular formula is C14H19NO4. The number of hydrogen-bond acceptors (Lipinski definition) is 5. The number of rotatable bonds is 7. The molecule has 0 aromatic heterocycles. The summed E-state index contributed by atoms with van der Waals surface area (Å²) < 4.78 is 15.1. The molecule has 0 spiro atoms. The van der Waals surface area contributed by atoms with Crippen LogP contribution in [0.2, 0.25) is 0 Å². The van der Waals surface area contributed by atoms with Gasteiger partial charge < -0.3 is 19.9 Å². The summed E-state index contributed by atoms with van der Waals surface area (Å²) in [7, 11) is 1.61. The van der Waals surface area contributed by atoms with Gasteiger partial charge >= 0.3 is 5.97 Å². The van der Waals surface area contributed by atoms with Gasteiger partial charge in [-0.15, -0.1) is 0 Å². The van der Waals surface area contributed by atoms with Crippen LogP contribution < -0.4 is 10.5 Å². The molecule has 0 saturated heterocycles. The molecule has 1 aromatic carbocycles. The van der Waals surface area contributed by atoms with Gasteiger partial charge in [-0.1, -0.05) is 0 Å². The Bertz CT molecular complexity index is 443. The zero-order valence-corrected chi connectivity index (χ0v) is 11.2. The number of anilines is 1. The van der Waals surface area contributed by atoms with Crippen molar-refractivity contribution in [3.8, 4) is 5.75 Å². The van der Waals surface area contributed by atoms with E-state index in [0.29, 0.717) is 31.3 Å². The Hall–Kier alpha value is -2.01. The van der Waals surface area contributed by atoms with Gasteiger partial charge in [-0.2, -0.15) is 0 Å². The Morgan fingerprint density at radius 3 is 2.79 bits per heavy atom. The highest BCUT2D eigenvalue weighted by Gasteiger charge is 2.01. The lowest BCUT2D eigenvalue weighted by Gasteiger charge is -2.07. The Morgan fingerprint density at radius 2 is 2.16 bits per heavy atom. The summed E-state index contributed by atoms with van der Waals surface area (Å²) in [6.45, 7) is 3.09. The first-order valence-corrected chi connectivity index (χ1v) is 6.03. The minimum atomic E-state index is -0.387. The van der Waals surface area contributed by atoms with E-state index >= 15 is 0 Å².